The van der Waals surface area contributed by atoms with Gasteiger partial charge in [0.2, 0.25) is 12.7 Å². The van der Waals surface area contributed by atoms with Gasteiger partial charge in [-0.2, -0.15) is 5.10 Å². The summed E-state index contributed by atoms with van der Waals surface area (Å²) in [6, 6.07) is 5.94. The first kappa shape index (κ1) is 13.6. The van der Waals surface area contributed by atoms with Crippen LogP contribution in [0.25, 0.3) is 0 Å². The zero-order valence-electron chi connectivity index (χ0n) is 12.4. The molecule has 0 aliphatic carbocycles. The minimum atomic E-state index is 0.188. The Balaban J connectivity index is 1.79. The van der Waals surface area contributed by atoms with Gasteiger partial charge in [-0.3, -0.25) is 0 Å². The Labute approximate surface area is 123 Å². The minimum absolute atomic E-state index is 0.188. The number of nitrogen functional groups attached to an aromatic ring is 1. The lowest BCUT2D eigenvalue weighted by atomic mass is 10.2. The van der Waals surface area contributed by atoms with Crippen LogP contribution in [0.2, 0.25) is 0 Å². The Bertz CT molecular complexity index is 664. The molecular formula is C15H19N3O3. The third kappa shape index (κ3) is 2.49. The Morgan fingerprint density at radius 2 is 2.10 bits per heavy atom. The highest BCUT2D eigenvalue weighted by Crippen LogP contribution is 2.33. The number of nitrogens with two attached hydrogens (primary N) is 1. The second kappa shape index (κ2) is 5.20. The number of aryl methyl sites for hydroxylation is 1. The number of rotatable bonds is 4. The smallest absolute Gasteiger partial charge is 0.236 e. The first-order valence-corrected chi connectivity index (χ1v) is 6.92. The number of nitrogens with zero attached hydrogens (tertiary/aromatic N) is 2. The zero-order valence-corrected chi connectivity index (χ0v) is 12.4. The van der Waals surface area contributed by atoms with Crippen molar-refractivity contribution in [2.45, 2.75) is 33.4 Å². The predicted molar refractivity (Wildman–Crippen MR) is 78.7 cm³/mol. The van der Waals surface area contributed by atoms with Crippen LogP contribution in [0.1, 0.15) is 31.1 Å². The molecule has 0 bridgehead atoms. The van der Waals surface area contributed by atoms with Gasteiger partial charge in [0.15, 0.2) is 11.5 Å². The van der Waals surface area contributed by atoms with Crippen LogP contribution >= 0.6 is 0 Å². The maximum atomic E-state index is 6.04. The van der Waals surface area contributed by atoms with Crippen molar-refractivity contribution >= 4 is 5.69 Å². The molecule has 6 nitrogen and oxygen atoms in total. The molecule has 0 atom stereocenters. The van der Waals surface area contributed by atoms with E-state index in [0.29, 0.717) is 18.2 Å². The highest BCUT2D eigenvalue weighted by atomic mass is 16.7. The van der Waals surface area contributed by atoms with Gasteiger partial charge in [0, 0.05) is 0 Å². The van der Waals surface area contributed by atoms with E-state index >= 15 is 0 Å². The maximum Gasteiger partial charge on any atom is 0.236 e. The molecule has 0 amide bonds. The van der Waals surface area contributed by atoms with Crippen molar-refractivity contribution in [1.82, 2.24) is 9.78 Å². The standard InChI is InChI=1S/C15H19N3O3/c1-9(2)18-15(14(16)10(3)17-18)19-7-11-4-5-12-13(6-11)21-8-20-12/h4-6,9H,7-8,16H2,1-3H3. The summed E-state index contributed by atoms with van der Waals surface area (Å²) >= 11 is 0. The molecular weight excluding hydrogens is 270 g/mol. The maximum absolute atomic E-state index is 6.04. The molecule has 1 aromatic carbocycles. The molecule has 2 aromatic rings. The molecule has 0 saturated heterocycles. The number of hydrogen-bond acceptors (Lipinski definition) is 5. The molecule has 0 spiro atoms. The van der Waals surface area contributed by atoms with Crippen LogP contribution in [0.5, 0.6) is 17.4 Å². The van der Waals surface area contributed by atoms with Gasteiger partial charge in [0.1, 0.15) is 12.3 Å². The quantitative estimate of drug-likeness (QED) is 0.937. The summed E-state index contributed by atoms with van der Waals surface area (Å²) in [5.74, 6) is 2.12. The van der Waals surface area contributed by atoms with Crippen molar-refractivity contribution in [1.29, 1.82) is 0 Å². The normalized spacial score (nSPS) is 13.0. The fourth-order valence-electron chi connectivity index (χ4n) is 2.22. The third-order valence-corrected chi connectivity index (χ3v) is 3.39. The molecule has 3 rings (SSSR count). The summed E-state index contributed by atoms with van der Waals surface area (Å²) in [4.78, 5) is 0. The summed E-state index contributed by atoms with van der Waals surface area (Å²) < 4.78 is 18.3. The second-order valence-electron chi connectivity index (χ2n) is 5.32. The summed E-state index contributed by atoms with van der Waals surface area (Å²) in [6.45, 7) is 6.63. The fraction of sp³-hybridized carbons (Fsp3) is 0.400. The van der Waals surface area contributed by atoms with Gasteiger partial charge in [-0.25, -0.2) is 4.68 Å². The largest absolute Gasteiger partial charge is 0.471 e. The monoisotopic (exact) mass is 289 g/mol. The lowest BCUT2D eigenvalue weighted by Gasteiger charge is -2.12. The van der Waals surface area contributed by atoms with E-state index in [1.807, 2.05) is 39.0 Å². The van der Waals surface area contributed by atoms with Gasteiger partial charge in [-0.15, -0.1) is 0 Å². The predicted octanol–water partition coefficient (Wildman–Crippen LogP) is 2.66. The van der Waals surface area contributed by atoms with E-state index in [9.17, 15) is 0 Å². The summed E-state index contributed by atoms with van der Waals surface area (Å²) in [6.07, 6.45) is 0. The Kier molecular flexibility index (Phi) is 3.37. The van der Waals surface area contributed by atoms with Crippen LogP contribution in [0.3, 0.4) is 0 Å². The second-order valence-corrected chi connectivity index (χ2v) is 5.32. The summed E-state index contributed by atoms with van der Waals surface area (Å²) in [5, 5.41) is 4.40. The first-order valence-electron chi connectivity index (χ1n) is 6.92. The van der Waals surface area contributed by atoms with Crippen LogP contribution < -0.4 is 19.9 Å². The van der Waals surface area contributed by atoms with E-state index in [2.05, 4.69) is 5.10 Å². The van der Waals surface area contributed by atoms with Crippen LogP contribution in [-0.2, 0) is 6.61 Å². The number of hydrogen-bond donors (Lipinski definition) is 1. The Morgan fingerprint density at radius 3 is 2.86 bits per heavy atom. The van der Waals surface area contributed by atoms with Crippen LogP contribution in [0, 0.1) is 6.92 Å². The average molecular weight is 289 g/mol. The lowest BCUT2D eigenvalue weighted by Crippen LogP contribution is -2.08. The van der Waals surface area contributed by atoms with E-state index in [1.54, 1.807) is 4.68 Å². The first-order chi connectivity index (χ1) is 10.1. The molecule has 0 saturated carbocycles. The Morgan fingerprint density at radius 1 is 1.33 bits per heavy atom. The van der Waals surface area contributed by atoms with Gasteiger partial charge < -0.3 is 19.9 Å². The molecule has 1 aromatic heterocycles. The summed E-state index contributed by atoms with van der Waals surface area (Å²) in [7, 11) is 0. The molecule has 21 heavy (non-hydrogen) atoms. The van der Waals surface area contributed by atoms with Gasteiger partial charge in [-0.05, 0) is 38.5 Å². The molecule has 0 unspecified atom stereocenters. The lowest BCUT2D eigenvalue weighted by molar-refractivity contribution is 0.174. The van der Waals surface area contributed by atoms with Gasteiger partial charge in [0.05, 0.1) is 11.7 Å². The van der Waals surface area contributed by atoms with E-state index in [4.69, 9.17) is 19.9 Å². The van der Waals surface area contributed by atoms with E-state index in [-0.39, 0.29) is 12.8 Å². The van der Waals surface area contributed by atoms with Crippen molar-refractivity contribution in [2.75, 3.05) is 12.5 Å². The molecule has 2 heterocycles. The molecule has 6 heteroatoms. The van der Waals surface area contributed by atoms with E-state index in [0.717, 1.165) is 22.8 Å². The van der Waals surface area contributed by atoms with E-state index < -0.39 is 0 Å². The number of benzene rings is 1. The molecule has 0 radical (unpaired) electrons. The highest BCUT2D eigenvalue weighted by molar-refractivity contribution is 5.53. The average Bonchev–Trinajstić information content (AvgIpc) is 3.02. The zero-order chi connectivity index (χ0) is 15.0. The van der Waals surface area contributed by atoms with Crippen molar-refractivity contribution in [3.05, 3.63) is 29.5 Å². The van der Waals surface area contributed by atoms with Crippen molar-refractivity contribution in [2.24, 2.45) is 0 Å². The van der Waals surface area contributed by atoms with Crippen LogP contribution in [0.15, 0.2) is 18.2 Å². The van der Waals surface area contributed by atoms with E-state index in [1.165, 1.54) is 0 Å². The topological polar surface area (TPSA) is 71.5 Å². The van der Waals surface area contributed by atoms with Crippen molar-refractivity contribution in [3.63, 3.8) is 0 Å². The third-order valence-electron chi connectivity index (χ3n) is 3.39. The number of anilines is 1. The molecule has 112 valence electrons. The van der Waals surface area contributed by atoms with Crippen molar-refractivity contribution < 1.29 is 14.2 Å². The van der Waals surface area contributed by atoms with Gasteiger partial charge in [-0.1, -0.05) is 6.07 Å². The Hall–Kier alpha value is -2.37. The number of aromatic nitrogens is 2. The number of ether oxygens (including phenoxy) is 3. The van der Waals surface area contributed by atoms with Gasteiger partial charge >= 0.3 is 0 Å². The molecule has 1 aliphatic rings. The van der Waals surface area contributed by atoms with Crippen molar-refractivity contribution in [3.8, 4) is 17.4 Å². The highest BCUT2D eigenvalue weighted by Gasteiger charge is 2.17. The molecule has 1 aliphatic heterocycles. The van der Waals surface area contributed by atoms with Gasteiger partial charge in [0.25, 0.3) is 0 Å². The van der Waals surface area contributed by atoms with Crippen LogP contribution in [0.4, 0.5) is 5.69 Å². The molecule has 2 N–H and O–H groups in total. The fourth-order valence-corrected chi connectivity index (χ4v) is 2.22. The minimum Gasteiger partial charge on any atom is -0.471 e. The SMILES string of the molecule is Cc1nn(C(C)C)c(OCc2ccc3c(c2)OCO3)c1N. The number of fused-ring (bicyclic) bond motifs is 1. The summed E-state index contributed by atoms with van der Waals surface area (Å²) in [5.41, 5.74) is 8.41. The van der Waals surface area contributed by atoms with Crippen LogP contribution in [-0.4, -0.2) is 16.6 Å². The molecule has 0 fully saturated rings.